The van der Waals surface area contributed by atoms with Crippen molar-refractivity contribution in [2.24, 2.45) is 0 Å². The minimum absolute atomic E-state index is 0. The number of carbonyl (C=O) groups is 3. The zero-order chi connectivity index (χ0) is 23.1. The molecule has 0 spiro atoms. The maximum absolute atomic E-state index is 13.3. The number of halogens is 2. The van der Waals surface area contributed by atoms with Crippen molar-refractivity contribution in [2.75, 3.05) is 6.61 Å². The van der Waals surface area contributed by atoms with Crippen molar-refractivity contribution >= 4 is 42.7 Å². The van der Waals surface area contributed by atoms with Gasteiger partial charge >= 0.3 is 11.9 Å². The first-order valence-corrected chi connectivity index (χ1v) is 11.0. The Kier molecular flexibility index (Phi) is 12.1. The van der Waals surface area contributed by atoms with Crippen molar-refractivity contribution in [3.8, 4) is 0 Å². The molecule has 0 saturated heterocycles. The fourth-order valence-corrected chi connectivity index (χ4v) is 4.06. The number of nitrogens with zero attached hydrogens (tertiary/aromatic N) is 1. The minimum Gasteiger partial charge on any atom is -0.480 e. The van der Waals surface area contributed by atoms with Gasteiger partial charge in [0.05, 0.1) is 12.6 Å². The molecule has 1 amide bonds. The number of carboxylic acids is 1. The highest BCUT2D eigenvalue weighted by molar-refractivity contribution is 5.88. The Balaban J connectivity index is 0.00000289. The zero-order valence-corrected chi connectivity index (χ0v) is 20.9. The normalized spacial score (nSPS) is 16.2. The summed E-state index contributed by atoms with van der Waals surface area (Å²) in [5.41, 5.74) is 2.97. The quantitative estimate of drug-likeness (QED) is 0.501. The third kappa shape index (κ3) is 7.45. The van der Waals surface area contributed by atoms with Gasteiger partial charge in [-0.25, -0.2) is 4.79 Å². The summed E-state index contributed by atoms with van der Waals surface area (Å²) in [6.07, 6.45) is 1.37. The summed E-state index contributed by atoms with van der Waals surface area (Å²) in [5, 5.41) is 12.8. The van der Waals surface area contributed by atoms with E-state index in [1.54, 1.807) is 13.8 Å². The highest BCUT2D eigenvalue weighted by Gasteiger charge is 2.37. The van der Waals surface area contributed by atoms with Gasteiger partial charge < -0.3 is 14.7 Å². The van der Waals surface area contributed by atoms with Crippen LogP contribution in [0.2, 0.25) is 0 Å². The number of nitrogens with one attached hydrogen (secondary N) is 1. The molecule has 2 N–H and O–H groups in total. The molecule has 3 atom stereocenters. The Hall–Kier alpha value is -2.61. The summed E-state index contributed by atoms with van der Waals surface area (Å²) in [4.78, 5) is 39.1. The molecule has 0 aromatic heterocycles. The van der Waals surface area contributed by atoms with E-state index < -0.39 is 30.1 Å². The van der Waals surface area contributed by atoms with Crippen LogP contribution in [0.1, 0.15) is 37.0 Å². The van der Waals surface area contributed by atoms with Crippen LogP contribution in [0.5, 0.6) is 0 Å². The van der Waals surface area contributed by atoms with E-state index in [1.807, 2.05) is 54.6 Å². The molecule has 0 unspecified atom stereocenters. The molecular weight excluding hydrogens is 479 g/mol. The van der Waals surface area contributed by atoms with Crippen molar-refractivity contribution in [1.82, 2.24) is 10.2 Å². The Bertz CT molecular complexity index is 957. The lowest BCUT2D eigenvalue weighted by atomic mass is 9.93. The minimum atomic E-state index is -1.04. The topological polar surface area (TPSA) is 95.9 Å². The first-order valence-electron chi connectivity index (χ1n) is 11.0. The summed E-state index contributed by atoms with van der Waals surface area (Å²) in [7, 11) is 0. The Morgan fingerprint density at radius 3 is 2.29 bits per heavy atom. The lowest BCUT2D eigenvalue weighted by Gasteiger charge is -2.36. The van der Waals surface area contributed by atoms with Crippen LogP contribution in [0.4, 0.5) is 0 Å². The van der Waals surface area contributed by atoms with Crippen LogP contribution >= 0.6 is 24.8 Å². The summed E-state index contributed by atoms with van der Waals surface area (Å²) >= 11 is 0. The first-order chi connectivity index (χ1) is 15.4. The molecule has 9 heteroatoms. The van der Waals surface area contributed by atoms with Crippen molar-refractivity contribution in [3.05, 3.63) is 71.3 Å². The third-order valence-electron chi connectivity index (χ3n) is 5.77. The molecule has 186 valence electrons. The summed E-state index contributed by atoms with van der Waals surface area (Å²) in [5.74, 6) is -1.80. The van der Waals surface area contributed by atoms with Crippen molar-refractivity contribution in [3.63, 3.8) is 0 Å². The molecule has 34 heavy (non-hydrogen) atoms. The Morgan fingerprint density at radius 1 is 1.06 bits per heavy atom. The van der Waals surface area contributed by atoms with Gasteiger partial charge in [-0.1, -0.05) is 54.6 Å². The molecule has 7 nitrogen and oxygen atoms in total. The van der Waals surface area contributed by atoms with Crippen LogP contribution in [-0.2, 0) is 38.5 Å². The second-order valence-corrected chi connectivity index (χ2v) is 8.01. The van der Waals surface area contributed by atoms with Crippen molar-refractivity contribution < 1.29 is 24.2 Å². The average molecular weight is 511 g/mol. The van der Waals surface area contributed by atoms with Crippen molar-refractivity contribution in [1.29, 1.82) is 0 Å². The number of carboxylic acid groups (broad SMARTS) is 1. The van der Waals surface area contributed by atoms with E-state index in [4.69, 9.17) is 4.74 Å². The number of esters is 1. The molecule has 1 aliphatic rings. The summed E-state index contributed by atoms with van der Waals surface area (Å²) in [6.45, 7) is 3.88. The van der Waals surface area contributed by atoms with Gasteiger partial charge in [-0.15, -0.1) is 24.8 Å². The van der Waals surface area contributed by atoms with E-state index in [0.717, 1.165) is 16.7 Å². The van der Waals surface area contributed by atoms with Crippen molar-refractivity contribution in [2.45, 2.75) is 57.8 Å². The fourth-order valence-electron chi connectivity index (χ4n) is 4.06. The van der Waals surface area contributed by atoms with E-state index in [1.165, 1.54) is 4.90 Å². The van der Waals surface area contributed by atoms with E-state index in [0.29, 0.717) is 12.8 Å². The molecule has 0 fully saturated rings. The number of fused-ring (bicyclic) bond motifs is 1. The molecule has 0 saturated carbocycles. The Morgan fingerprint density at radius 2 is 1.68 bits per heavy atom. The SMILES string of the molecule is CCOC(=O)[C@H](CCc1ccccc1)N[C@@H](C)C(=O)N1Cc2ccccc2C[C@H]1C(=O)O.Cl.Cl. The monoisotopic (exact) mass is 510 g/mol. The second-order valence-electron chi connectivity index (χ2n) is 8.01. The van der Waals surface area contributed by atoms with Crippen LogP contribution in [-0.4, -0.2) is 52.6 Å². The number of hydrogen-bond acceptors (Lipinski definition) is 5. The van der Waals surface area contributed by atoms with E-state index in [2.05, 4.69) is 5.32 Å². The lowest BCUT2D eigenvalue weighted by Crippen LogP contribution is -2.56. The number of amides is 1. The van der Waals surface area contributed by atoms with Gasteiger partial charge in [0.1, 0.15) is 12.1 Å². The number of benzene rings is 2. The number of ether oxygens (including phenoxy) is 1. The second kappa shape index (κ2) is 13.9. The molecule has 0 bridgehead atoms. The molecule has 2 aromatic carbocycles. The van der Waals surface area contributed by atoms with Crippen LogP contribution in [0.25, 0.3) is 0 Å². The standard InChI is InChI=1S/C25H30N2O5.2ClH/c1-3-32-25(31)21(14-13-18-9-5-4-6-10-18)26-17(2)23(28)27-16-20-12-8-7-11-19(20)15-22(27)24(29)30;;/h4-12,17,21-22,26H,3,13-16H2,1-2H3,(H,29,30);2*1H/t17-,21-,22-;;/m0../s1. The highest BCUT2D eigenvalue weighted by atomic mass is 35.5. The first kappa shape index (κ1) is 29.4. The molecule has 1 heterocycles. The molecular formula is C25H32Cl2N2O5. The number of aryl methyl sites for hydroxylation is 1. The van der Waals surface area contributed by atoms with Gasteiger partial charge in [-0.3, -0.25) is 14.9 Å². The molecule has 2 aromatic rings. The third-order valence-corrected chi connectivity index (χ3v) is 5.77. The number of hydrogen-bond donors (Lipinski definition) is 2. The highest BCUT2D eigenvalue weighted by Crippen LogP contribution is 2.24. The van der Waals surface area contributed by atoms with Crippen LogP contribution < -0.4 is 5.32 Å². The fraction of sp³-hybridized carbons (Fsp3) is 0.400. The van der Waals surface area contributed by atoms with Crippen LogP contribution in [0, 0.1) is 0 Å². The van der Waals surface area contributed by atoms with E-state index in [-0.39, 0.29) is 50.3 Å². The molecule has 0 aliphatic carbocycles. The van der Waals surface area contributed by atoms with Crippen LogP contribution in [0.3, 0.4) is 0 Å². The smallest absolute Gasteiger partial charge is 0.326 e. The van der Waals surface area contributed by atoms with E-state index in [9.17, 15) is 19.5 Å². The van der Waals surface area contributed by atoms with Gasteiger partial charge in [0.25, 0.3) is 0 Å². The summed E-state index contributed by atoms with van der Waals surface area (Å²) < 4.78 is 5.20. The Labute approximate surface area is 212 Å². The molecule has 3 rings (SSSR count). The average Bonchev–Trinajstić information content (AvgIpc) is 2.80. The maximum atomic E-state index is 13.3. The van der Waals surface area contributed by atoms with Gasteiger partial charge in [-0.05, 0) is 43.4 Å². The van der Waals surface area contributed by atoms with Crippen LogP contribution in [0.15, 0.2) is 54.6 Å². The van der Waals surface area contributed by atoms with Gasteiger partial charge in [-0.2, -0.15) is 0 Å². The maximum Gasteiger partial charge on any atom is 0.326 e. The predicted molar refractivity (Wildman–Crippen MR) is 134 cm³/mol. The molecule has 0 radical (unpaired) electrons. The zero-order valence-electron chi connectivity index (χ0n) is 19.3. The van der Waals surface area contributed by atoms with Gasteiger partial charge in [0.2, 0.25) is 5.91 Å². The summed E-state index contributed by atoms with van der Waals surface area (Å²) in [6, 6.07) is 15.0. The number of aliphatic carboxylic acids is 1. The number of rotatable bonds is 9. The van der Waals surface area contributed by atoms with E-state index >= 15 is 0 Å². The molecule has 1 aliphatic heterocycles. The predicted octanol–water partition coefficient (Wildman–Crippen LogP) is 3.41. The lowest BCUT2D eigenvalue weighted by molar-refractivity contribution is -0.153. The number of carbonyl (C=O) groups excluding carboxylic acids is 2. The largest absolute Gasteiger partial charge is 0.480 e. The van der Waals surface area contributed by atoms with Gasteiger partial charge in [0, 0.05) is 13.0 Å². The van der Waals surface area contributed by atoms with Gasteiger partial charge in [0.15, 0.2) is 0 Å².